The molecule has 2 fully saturated rings. The molecule has 1 aromatic rings. The third kappa shape index (κ3) is 4.73. The predicted octanol–water partition coefficient (Wildman–Crippen LogP) is 2.00. The molecule has 3 rings (SSSR count). The summed E-state index contributed by atoms with van der Waals surface area (Å²) in [4.78, 5) is 14.4. The largest absolute Gasteiger partial charge is 0.334 e. The van der Waals surface area contributed by atoms with E-state index in [4.69, 9.17) is 0 Å². The molecule has 0 radical (unpaired) electrons. The summed E-state index contributed by atoms with van der Waals surface area (Å²) in [5.74, 6) is 0.514. The quantitative estimate of drug-likeness (QED) is 0.891. The second-order valence-corrected chi connectivity index (χ2v) is 9.06. The molecule has 1 unspecified atom stereocenters. The molecule has 6 nitrogen and oxygen atoms in total. The number of rotatable bonds is 3. The van der Waals surface area contributed by atoms with E-state index >= 15 is 0 Å². The standard InChI is InChI=1S/C18H27N3O3S/c1-25(23,24)21-11-5-8-17(14-21)19-18(22)20-12-9-16(10-13-20)15-6-3-2-4-7-15/h2-4,6-7,16-17H,5,8-14H2,1H3,(H,19,22). The van der Waals surface area contributed by atoms with Gasteiger partial charge in [-0.25, -0.2) is 17.5 Å². The fourth-order valence-corrected chi connectivity index (χ4v) is 4.68. The average Bonchev–Trinajstić information content (AvgIpc) is 2.62. The molecule has 1 N–H and O–H groups in total. The third-order valence-corrected chi connectivity index (χ3v) is 6.50. The van der Waals surface area contributed by atoms with Crippen LogP contribution in [-0.4, -0.2) is 62.1 Å². The number of carbonyl (C=O) groups is 1. The van der Waals surface area contributed by atoms with Crippen molar-refractivity contribution in [3.05, 3.63) is 35.9 Å². The summed E-state index contributed by atoms with van der Waals surface area (Å²) in [5.41, 5.74) is 1.35. The van der Waals surface area contributed by atoms with E-state index in [0.717, 1.165) is 38.8 Å². The van der Waals surface area contributed by atoms with E-state index in [9.17, 15) is 13.2 Å². The number of hydrogen-bond acceptors (Lipinski definition) is 3. The average molecular weight is 365 g/mol. The van der Waals surface area contributed by atoms with E-state index in [0.29, 0.717) is 19.0 Å². The van der Waals surface area contributed by atoms with Crippen molar-refractivity contribution in [1.82, 2.24) is 14.5 Å². The Morgan fingerprint density at radius 3 is 2.40 bits per heavy atom. The van der Waals surface area contributed by atoms with Crippen LogP contribution in [0.2, 0.25) is 0 Å². The van der Waals surface area contributed by atoms with Crippen LogP contribution >= 0.6 is 0 Å². The van der Waals surface area contributed by atoms with Gasteiger partial charge in [0.2, 0.25) is 10.0 Å². The summed E-state index contributed by atoms with van der Waals surface area (Å²) < 4.78 is 24.8. The zero-order valence-electron chi connectivity index (χ0n) is 14.7. The number of amides is 2. The molecule has 25 heavy (non-hydrogen) atoms. The van der Waals surface area contributed by atoms with Gasteiger partial charge in [0.1, 0.15) is 0 Å². The number of nitrogens with zero attached hydrogens (tertiary/aromatic N) is 2. The number of urea groups is 1. The second-order valence-electron chi connectivity index (χ2n) is 7.08. The van der Waals surface area contributed by atoms with Gasteiger partial charge in [0.15, 0.2) is 0 Å². The molecule has 7 heteroatoms. The molecular formula is C18H27N3O3S. The summed E-state index contributed by atoms with van der Waals surface area (Å²) in [7, 11) is -3.19. The van der Waals surface area contributed by atoms with E-state index in [1.54, 1.807) is 0 Å². The van der Waals surface area contributed by atoms with Crippen LogP contribution < -0.4 is 5.32 Å². The van der Waals surface area contributed by atoms with E-state index < -0.39 is 10.0 Å². The van der Waals surface area contributed by atoms with Gasteiger partial charge >= 0.3 is 6.03 Å². The smallest absolute Gasteiger partial charge is 0.317 e. The molecule has 0 bridgehead atoms. The van der Waals surface area contributed by atoms with Crippen molar-refractivity contribution in [2.45, 2.75) is 37.6 Å². The highest BCUT2D eigenvalue weighted by Crippen LogP contribution is 2.27. The summed E-state index contributed by atoms with van der Waals surface area (Å²) in [6.07, 6.45) is 4.78. The molecule has 1 atom stereocenters. The summed E-state index contributed by atoms with van der Waals surface area (Å²) in [6, 6.07) is 10.3. The van der Waals surface area contributed by atoms with Gasteiger partial charge in [0.25, 0.3) is 0 Å². The van der Waals surface area contributed by atoms with Crippen LogP contribution in [0.15, 0.2) is 30.3 Å². The lowest BCUT2D eigenvalue weighted by Gasteiger charge is -2.36. The second kappa shape index (κ2) is 7.74. The lowest BCUT2D eigenvalue weighted by molar-refractivity contribution is 0.171. The molecule has 0 spiro atoms. The highest BCUT2D eigenvalue weighted by Gasteiger charge is 2.29. The molecule has 2 saturated heterocycles. The lowest BCUT2D eigenvalue weighted by atomic mass is 9.89. The summed E-state index contributed by atoms with van der Waals surface area (Å²) in [6.45, 7) is 2.42. The van der Waals surface area contributed by atoms with Gasteiger partial charge in [-0.3, -0.25) is 0 Å². The van der Waals surface area contributed by atoms with E-state index in [-0.39, 0.29) is 12.1 Å². The Kier molecular flexibility index (Phi) is 5.64. The third-order valence-electron chi connectivity index (χ3n) is 5.23. The van der Waals surface area contributed by atoms with Crippen molar-refractivity contribution in [1.29, 1.82) is 0 Å². The monoisotopic (exact) mass is 365 g/mol. The van der Waals surface area contributed by atoms with Crippen molar-refractivity contribution in [2.75, 3.05) is 32.4 Å². The first kappa shape index (κ1) is 18.2. The van der Waals surface area contributed by atoms with Gasteiger partial charge < -0.3 is 10.2 Å². The Morgan fingerprint density at radius 2 is 1.76 bits per heavy atom. The zero-order chi connectivity index (χ0) is 17.9. The number of carbonyl (C=O) groups excluding carboxylic acids is 1. The highest BCUT2D eigenvalue weighted by atomic mass is 32.2. The van der Waals surface area contributed by atoms with Crippen LogP contribution in [0, 0.1) is 0 Å². The van der Waals surface area contributed by atoms with Gasteiger partial charge in [0.05, 0.1) is 6.26 Å². The van der Waals surface area contributed by atoms with Gasteiger partial charge in [0, 0.05) is 32.2 Å². The molecule has 138 valence electrons. The van der Waals surface area contributed by atoms with E-state index in [1.165, 1.54) is 16.1 Å². The predicted molar refractivity (Wildman–Crippen MR) is 98.0 cm³/mol. The maximum Gasteiger partial charge on any atom is 0.317 e. The number of piperidine rings is 2. The first-order valence-electron chi connectivity index (χ1n) is 8.99. The first-order chi connectivity index (χ1) is 11.9. The van der Waals surface area contributed by atoms with Crippen LogP contribution in [-0.2, 0) is 10.0 Å². The minimum absolute atomic E-state index is 0.0631. The Hall–Kier alpha value is -1.60. The maximum absolute atomic E-state index is 12.5. The fraction of sp³-hybridized carbons (Fsp3) is 0.611. The van der Waals surface area contributed by atoms with Crippen molar-refractivity contribution < 1.29 is 13.2 Å². The van der Waals surface area contributed by atoms with Gasteiger partial charge in [-0.2, -0.15) is 0 Å². The molecular weight excluding hydrogens is 338 g/mol. The molecule has 2 heterocycles. The van der Waals surface area contributed by atoms with Crippen LogP contribution in [0.25, 0.3) is 0 Å². The summed E-state index contributed by atoms with van der Waals surface area (Å²) in [5, 5.41) is 3.03. The minimum atomic E-state index is -3.19. The Bertz CT molecular complexity index is 685. The molecule has 1 aromatic carbocycles. The molecule has 0 aromatic heterocycles. The molecule has 2 aliphatic rings. The minimum Gasteiger partial charge on any atom is -0.334 e. The zero-order valence-corrected chi connectivity index (χ0v) is 15.5. The number of sulfonamides is 1. The van der Waals surface area contributed by atoms with Crippen LogP contribution in [0.3, 0.4) is 0 Å². The number of nitrogens with one attached hydrogen (secondary N) is 1. The number of likely N-dealkylation sites (tertiary alicyclic amines) is 1. The summed E-state index contributed by atoms with van der Waals surface area (Å²) >= 11 is 0. The maximum atomic E-state index is 12.5. The van der Waals surface area contributed by atoms with Crippen LogP contribution in [0.4, 0.5) is 4.79 Å². The van der Waals surface area contributed by atoms with Gasteiger partial charge in [-0.15, -0.1) is 0 Å². The fourth-order valence-electron chi connectivity index (χ4n) is 3.77. The van der Waals surface area contributed by atoms with Crippen molar-refractivity contribution in [3.8, 4) is 0 Å². The molecule has 0 saturated carbocycles. The van der Waals surface area contributed by atoms with Gasteiger partial charge in [-0.1, -0.05) is 30.3 Å². The Morgan fingerprint density at radius 1 is 1.08 bits per heavy atom. The Balaban J connectivity index is 1.50. The van der Waals surface area contributed by atoms with Crippen molar-refractivity contribution in [3.63, 3.8) is 0 Å². The molecule has 0 aliphatic carbocycles. The van der Waals surface area contributed by atoms with Crippen molar-refractivity contribution >= 4 is 16.1 Å². The SMILES string of the molecule is CS(=O)(=O)N1CCCC(NC(=O)N2CCC(c3ccccc3)CC2)C1. The number of benzene rings is 1. The topological polar surface area (TPSA) is 69.7 Å². The lowest BCUT2D eigenvalue weighted by Crippen LogP contribution is -2.53. The van der Waals surface area contributed by atoms with E-state index in [2.05, 4.69) is 29.6 Å². The molecule has 2 amide bonds. The van der Waals surface area contributed by atoms with Crippen LogP contribution in [0.1, 0.15) is 37.2 Å². The van der Waals surface area contributed by atoms with Crippen molar-refractivity contribution in [2.24, 2.45) is 0 Å². The first-order valence-corrected chi connectivity index (χ1v) is 10.8. The van der Waals surface area contributed by atoms with E-state index in [1.807, 2.05) is 11.0 Å². The highest BCUT2D eigenvalue weighted by molar-refractivity contribution is 7.88. The number of hydrogen-bond donors (Lipinski definition) is 1. The Labute approximate surface area is 150 Å². The van der Waals surface area contributed by atoms with Crippen LogP contribution in [0.5, 0.6) is 0 Å². The van der Waals surface area contributed by atoms with Gasteiger partial charge in [-0.05, 0) is 37.2 Å². The normalized spacial score (nSPS) is 23.4. The molecule has 2 aliphatic heterocycles.